The zero-order valence-corrected chi connectivity index (χ0v) is 13.1. The van der Waals surface area contributed by atoms with Crippen molar-refractivity contribution < 1.29 is 13.2 Å². The van der Waals surface area contributed by atoms with Crippen LogP contribution in [0.2, 0.25) is 0 Å². The van der Waals surface area contributed by atoms with Crippen molar-refractivity contribution in [3.05, 3.63) is 35.9 Å². The molecule has 1 aromatic rings. The summed E-state index contributed by atoms with van der Waals surface area (Å²) in [7, 11) is -3.29. The van der Waals surface area contributed by atoms with E-state index in [1.165, 1.54) is 6.26 Å². The lowest BCUT2D eigenvalue weighted by molar-refractivity contribution is -0.121. The van der Waals surface area contributed by atoms with Crippen molar-refractivity contribution in [3.8, 4) is 0 Å². The molecule has 1 atom stereocenters. The first-order valence-corrected chi connectivity index (χ1v) is 8.52. The molecule has 1 N–H and O–H groups in total. The first-order chi connectivity index (χ1) is 9.79. The Kier molecular flexibility index (Phi) is 4.27. The largest absolute Gasteiger partial charge is 0.273 e. The highest BCUT2D eigenvalue weighted by molar-refractivity contribution is 7.90. The van der Waals surface area contributed by atoms with Gasteiger partial charge in [0.1, 0.15) is 0 Å². The lowest BCUT2D eigenvalue weighted by Gasteiger charge is -2.17. The highest BCUT2D eigenvalue weighted by Crippen LogP contribution is 2.24. The molecule has 6 heteroatoms. The monoisotopic (exact) mass is 306 g/mol. The zero-order chi connectivity index (χ0) is 15.6. The Hall–Kier alpha value is -1.95. The van der Waals surface area contributed by atoms with Crippen molar-refractivity contribution in [2.75, 3.05) is 6.26 Å². The van der Waals surface area contributed by atoms with E-state index in [1.54, 1.807) is 24.3 Å². The number of carbonyl (C=O) groups is 1. The van der Waals surface area contributed by atoms with Crippen LogP contribution < -0.4 is 5.43 Å². The Morgan fingerprint density at radius 3 is 2.67 bits per heavy atom. The average molecular weight is 306 g/mol. The standard InChI is InChI=1S/C15H18N2O3S/c1-10(8-13-11(2)9-15(18)17-16-13)12-6-4-5-7-14(12)21(3,19)20/h4-8,11H,9H2,1-3H3,(H,17,18). The third kappa shape index (κ3) is 3.58. The van der Waals surface area contributed by atoms with Gasteiger partial charge >= 0.3 is 0 Å². The van der Waals surface area contributed by atoms with Crippen LogP contribution in [0.15, 0.2) is 40.3 Å². The highest BCUT2D eigenvalue weighted by atomic mass is 32.2. The molecule has 1 unspecified atom stereocenters. The molecular formula is C15H18N2O3S. The second-order valence-electron chi connectivity index (χ2n) is 5.27. The zero-order valence-electron chi connectivity index (χ0n) is 12.3. The maximum absolute atomic E-state index is 11.8. The number of amides is 1. The quantitative estimate of drug-likeness (QED) is 0.928. The lowest BCUT2D eigenvalue weighted by atomic mass is 9.96. The van der Waals surface area contributed by atoms with Gasteiger partial charge in [-0.05, 0) is 30.2 Å². The third-order valence-corrected chi connectivity index (χ3v) is 4.54. The fourth-order valence-corrected chi connectivity index (χ4v) is 3.21. The molecule has 0 fully saturated rings. The van der Waals surface area contributed by atoms with E-state index in [0.717, 1.165) is 11.3 Å². The third-order valence-electron chi connectivity index (χ3n) is 3.38. The minimum atomic E-state index is -3.29. The number of nitrogens with zero attached hydrogens (tertiary/aromatic N) is 1. The van der Waals surface area contributed by atoms with Gasteiger partial charge in [0.15, 0.2) is 9.84 Å². The van der Waals surface area contributed by atoms with E-state index in [1.807, 2.05) is 19.9 Å². The number of carbonyl (C=O) groups excluding carboxylic acids is 1. The molecule has 0 radical (unpaired) electrons. The van der Waals surface area contributed by atoms with Crippen LogP contribution in [0.25, 0.3) is 5.57 Å². The fraction of sp³-hybridized carbons (Fsp3) is 0.333. The van der Waals surface area contributed by atoms with Crippen molar-refractivity contribution in [1.29, 1.82) is 0 Å². The molecule has 1 amide bonds. The van der Waals surface area contributed by atoms with Gasteiger partial charge in [-0.2, -0.15) is 5.10 Å². The Morgan fingerprint density at radius 2 is 2.05 bits per heavy atom. The van der Waals surface area contributed by atoms with Crippen molar-refractivity contribution in [2.24, 2.45) is 11.0 Å². The molecule has 21 heavy (non-hydrogen) atoms. The Morgan fingerprint density at radius 1 is 1.38 bits per heavy atom. The smallest absolute Gasteiger partial charge is 0.240 e. The number of sulfone groups is 1. The molecule has 1 aromatic carbocycles. The molecule has 5 nitrogen and oxygen atoms in total. The summed E-state index contributed by atoms with van der Waals surface area (Å²) >= 11 is 0. The van der Waals surface area contributed by atoms with E-state index in [0.29, 0.717) is 16.9 Å². The van der Waals surface area contributed by atoms with Crippen molar-refractivity contribution in [2.45, 2.75) is 25.2 Å². The van der Waals surface area contributed by atoms with Crippen molar-refractivity contribution in [3.63, 3.8) is 0 Å². The van der Waals surface area contributed by atoms with Crippen LogP contribution in [0.1, 0.15) is 25.8 Å². The maximum Gasteiger partial charge on any atom is 0.240 e. The molecule has 2 rings (SSSR count). The normalized spacial score (nSPS) is 20.0. The molecule has 0 bridgehead atoms. The topological polar surface area (TPSA) is 75.6 Å². The SMILES string of the molecule is CC(=CC1=NNC(=O)CC1C)c1ccccc1S(C)(=O)=O. The molecule has 1 aliphatic rings. The minimum Gasteiger partial charge on any atom is -0.273 e. The number of hydrogen-bond acceptors (Lipinski definition) is 4. The van der Waals surface area contributed by atoms with Gasteiger partial charge in [-0.25, -0.2) is 13.8 Å². The molecule has 1 aliphatic heterocycles. The minimum absolute atomic E-state index is 0.0131. The van der Waals surface area contributed by atoms with Gasteiger partial charge in [-0.3, -0.25) is 4.79 Å². The predicted octanol–water partition coefficient (Wildman–Crippen LogP) is 2.01. The number of hydrazone groups is 1. The number of nitrogens with one attached hydrogen (secondary N) is 1. The van der Waals surface area contributed by atoms with Gasteiger partial charge in [-0.1, -0.05) is 25.1 Å². The molecule has 0 saturated heterocycles. The number of benzene rings is 1. The van der Waals surface area contributed by atoms with Crippen LogP contribution in [0.4, 0.5) is 0 Å². The molecule has 112 valence electrons. The Bertz CT molecular complexity index is 733. The first-order valence-electron chi connectivity index (χ1n) is 6.63. The van der Waals surface area contributed by atoms with E-state index in [9.17, 15) is 13.2 Å². The van der Waals surface area contributed by atoms with E-state index in [2.05, 4.69) is 10.5 Å². The van der Waals surface area contributed by atoms with Gasteiger partial charge in [0, 0.05) is 18.6 Å². The number of rotatable bonds is 3. The number of hydrogen-bond donors (Lipinski definition) is 1. The average Bonchev–Trinajstić information content (AvgIpc) is 2.41. The number of allylic oxidation sites excluding steroid dienone is 2. The fourth-order valence-electron chi connectivity index (χ4n) is 2.26. The summed E-state index contributed by atoms with van der Waals surface area (Å²) in [5, 5.41) is 4.04. The summed E-state index contributed by atoms with van der Waals surface area (Å²) in [5.41, 5.74) is 4.66. The van der Waals surface area contributed by atoms with E-state index in [4.69, 9.17) is 0 Å². The van der Waals surface area contributed by atoms with Gasteiger partial charge in [-0.15, -0.1) is 0 Å². The van der Waals surface area contributed by atoms with Gasteiger partial charge in [0.25, 0.3) is 0 Å². The maximum atomic E-state index is 11.8. The Balaban J connectivity index is 2.44. The van der Waals surface area contributed by atoms with E-state index >= 15 is 0 Å². The summed E-state index contributed by atoms with van der Waals surface area (Å²) < 4.78 is 23.7. The second kappa shape index (κ2) is 5.81. The summed E-state index contributed by atoms with van der Waals surface area (Å²) in [4.78, 5) is 11.5. The summed E-state index contributed by atoms with van der Waals surface area (Å²) in [6, 6.07) is 6.87. The van der Waals surface area contributed by atoms with Crippen molar-refractivity contribution in [1.82, 2.24) is 5.43 Å². The van der Waals surface area contributed by atoms with Gasteiger partial charge in [0.2, 0.25) is 5.91 Å². The van der Waals surface area contributed by atoms with Gasteiger partial charge in [0.05, 0.1) is 10.6 Å². The second-order valence-corrected chi connectivity index (χ2v) is 7.26. The van der Waals surface area contributed by atoms with Crippen molar-refractivity contribution >= 4 is 27.0 Å². The lowest BCUT2D eigenvalue weighted by Crippen LogP contribution is -2.30. The molecule has 1 heterocycles. The van der Waals surface area contributed by atoms with E-state index in [-0.39, 0.29) is 11.8 Å². The molecule has 0 spiro atoms. The van der Waals surface area contributed by atoms with Crippen LogP contribution in [0.5, 0.6) is 0 Å². The predicted molar refractivity (Wildman–Crippen MR) is 82.6 cm³/mol. The van der Waals surface area contributed by atoms with Crippen LogP contribution in [-0.2, 0) is 14.6 Å². The summed E-state index contributed by atoms with van der Waals surface area (Å²) in [6.07, 6.45) is 3.41. The van der Waals surface area contributed by atoms with E-state index < -0.39 is 9.84 Å². The van der Waals surface area contributed by atoms with Crippen LogP contribution in [0.3, 0.4) is 0 Å². The summed E-state index contributed by atoms with van der Waals surface area (Å²) in [6.45, 7) is 3.76. The van der Waals surface area contributed by atoms with Crippen LogP contribution in [-0.4, -0.2) is 26.3 Å². The first kappa shape index (κ1) is 15.4. The van der Waals surface area contributed by atoms with Crippen LogP contribution >= 0.6 is 0 Å². The van der Waals surface area contributed by atoms with Crippen LogP contribution in [0, 0.1) is 5.92 Å². The summed E-state index contributed by atoms with van der Waals surface area (Å²) in [5.74, 6) is -0.0899. The molecular weight excluding hydrogens is 288 g/mol. The molecule has 0 aliphatic carbocycles. The van der Waals surface area contributed by atoms with Gasteiger partial charge < -0.3 is 0 Å². The Labute approximate surface area is 124 Å². The highest BCUT2D eigenvalue weighted by Gasteiger charge is 2.20. The molecule has 0 saturated carbocycles. The molecule has 0 aromatic heterocycles.